The number of imidazole rings is 1. The average Bonchev–Trinajstić information content (AvgIpc) is 2.72. The summed E-state index contributed by atoms with van der Waals surface area (Å²) in [5.74, 6) is 0.284. The second-order valence-corrected chi connectivity index (χ2v) is 3.71. The Morgan fingerprint density at radius 3 is 2.78 bits per heavy atom. The van der Waals surface area contributed by atoms with Crippen molar-refractivity contribution in [1.82, 2.24) is 19.5 Å². The highest BCUT2D eigenvalue weighted by Gasteiger charge is 2.10. The van der Waals surface area contributed by atoms with E-state index in [0.29, 0.717) is 23.3 Å². The third-order valence-electron chi connectivity index (χ3n) is 2.46. The monoisotopic (exact) mass is 250 g/mol. The summed E-state index contributed by atoms with van der Waals surface area (Å²) in [6, 6.07) is 0. The van der Waals surface area contributed by atoms with E-state index >= 15 is 0 Å². The number of hydrogen-bond donors (Lipinski definition) is 4. The Morgan fingerprint density at radius 2 is 2.11 bits per heavy atom. The lowest BCUT2D eigenvalue weighted by Gasteiger charge is -2.06. The lowest BCUT2D eigenvalue weighted by atomic mass is 10.2. The van der Waals surface area contributed by atoms with Crippen LogP contribution in [0, 0.1) is 0 Å². The Kier molecular flexibility index (Phi) is 3.40. The molecule has 0 atom stereocenters. The molecule has 2 aromatic heterocycles. The molecule has 0 bridgehead atoms. The lowest BCUT2D eigenvalue weighted by Crippen LogP contribution is -2.07. The summed E-state index contributed by atoms with van der Waals surface area (Å²) < 4.78 is 1.68. The van der Waals surface area contributed by atoms with E-state index < -0.39 is 0 Å². The normalized spacial score (nSPS) is 12.2. The summed E-state index contributed by atoms with van der Waals surface area (Å²) >= 11 is 0. The number of aliphatic hydroxyl groups excluding tert-OH is 2. The van der Waals surface area contributed by atoms with E-state index in [4.69, 9.17) is 21.7 Å². The van der Waals surface area contributed by atoms with E-state index in [1.165, 1.54) is 12.4 Å². The van der Waals surface area contributed by atoms with E-state index in [1.807, 2.05) is 0 Å². The smallest absolute Gasteiger partial charge is 0.224 e. The first-order valence-electron chi connectivity index (χ1n) is 5.29. The largest absolute Gasteiger partial charge is 0.392 e. The first kappa shape index (κ1) is 12.3. The van der Waals surface area contributed by atoms with Crippen molar-refractivity contribution in [1.29, 1.82) is 0 Å². The second-order valence-electron chi connectivity index (χ2n) is 3.71. The summed E-state index contributed by atoms with van der Waals surface area (Å²) in [6.45, 7) is 0.0571. The van der Waals surface area contributed by atoms with Crippen LogP contribution in [0.2, 0.25) is 0 Å². The molecule has 0 unspecified atom stereocenters. The van der Waals surface area contributed by atoms with Crippen LogP contribution in [0.4, 0.5) is 11.8 Å². The van der Waals surface area contributed by atoms with Gasteiger partial charge in [-0.05, 0) is 5.57 Å². The number of nitrogen functional groups attached to an aromatic ring is 2. The molecule has 0 saturated carbocycles. The first-order valence-corrected chi connectivity index (χ1v) is 5.29. The van der Waals surface area contributed by atoms with Crippen LogP contribution in [0.1, 0.15) is 0 Å². The number of fused-ring (bicyclic) bond motifs is 1. The molecule has 0 aromatic carbocycles. The van der Waals surface area contributed by atoms with Gasteiger partial charge in [0.1, 0.15) is 5.52 Å². The Labute approximate surface area is 103 Å². The average molecular weight is 250 g/mol. The molecule has 8 heteroatoms. The molecule has 0 aliphatic carbocycles. The van der Waals surface area contributed by atoms with Gasteiger partial charge in [-0.15, -0.1) is 0 Å². The minimum absolute atomic E-state index is 0.0680. The fourth-order valence-corrected chi connectivity index (χ4v) is 1.63. The van der Waals surface area contributed by atoms with Gasteiger partial charge < -0.3 is 26.2 Å². The molecule has 0 aliphatic rings. The summed E-state index contributed by atoms with van der Waals surface area (Å²) in [7, 11) is 0. The number of nitrogens with two attached hydrogens (primary N) is 2. The summed E-state index contributed by atoms with van der Waals surface area (Å²) in [5, 5.41) is 18.0. The van der Waals surface area contributed by atoms with Crippen LogP contribution >= 0.6 is 0 Å². The van der Waals surface area contributed by atoms with Crippen LogP contribution in [-0.4, -0.2) is 42.9 Å². The van der Waals surface area contributed by atoms with Crippen molar-refractivity contribution < 1.29 is 10.2 Å². The van der Waals surface area contributed by atoms with Crippen molar-refractivity contribution in [3.8, 4) is 0 Å². The fourth-order valence-electron chi connectivity index (χ4n) is 1.63. The number of nitrogens with zero attached hydrogens (tertiary/aromatic N) is 4. The van der Waals surface area contributed by atoms with Crippen molar-refractivity contribution in [3.63, 3.8) is 0 Å². The van der Waals surface area contributed by atoms with Crippen LogP contribution in [0.15, 0.2) is 18.0 Å². The molecule has 0 spiro atoms. The number of aliphatic hydroxyl groups is 2. The van der Waals surface area contributed by atoms with E-state index in [1.54, 1.807) is 4.57 Å². The molecule has 18 heavy (non-hydrogen) atoms. The van der Waals surface area contributed by atoms with Crippen LogP contribution < -0.4 is 11.5 Å². The standard InChI is InChI=1S/C10H14N6O2/c11-8-7-9(15-10(12)14-8)16(5-13-7)3-6(4-18)1-2-17/h1,5,17-18H,2-4H2,(H4,11,12,14,15)/b6-1-. The Balaban J connectivity index is 2.43. The van der Waals surface area contributed by atoms with Gasteiger partial charge in [0, 0.05) is 6.54 Å². The van der Waals surface area contributed by atoms with Crippen LogP contribution in [0.25, 0.3) is 11.2 Å². The van der Waals surface area contributed by atoms with Gasteiger partial charge in [0.05, 0.1) is 19.5 Å². The zero-order valence-corrected chi connectivity index (χ0v) is 9.61. The maximum absolute atomic E-state index is 9.14. The van der Waals surface area contributed by atoms with Crippen LogP contribution in [0.3, 0.4) is 0 Å². The molecule has 6 N–H and O–H groups in total. The van der Waals surface area contributed by atoms with E-state index in [0.717, 1.165) is 0 Å². The number of anilines is 2. The van der Waals surface area contributed by atoms with Crippen molar-refractivity contribution in [3.05, 3.63) is 18.0 Å². The summed E-state index contributed by atoms with van der Waals surface area (Å²) in [6.07, 6.45) is 3.07. The van der Waals surface area contributed by atoms with Gasteiger partial charge in [-0.3, -0.25) is 0 Å². The maximum Gasteiger partial charge on any atom is 0.224 e. The predicted molar refractivity (Wildman–Crippen MR) is 66.4 cm³/mol. The van der Waals surface area contributed by atoms with Crippen molar-refractivity contribution in [2.45, 2.75) is 6.54 Å². The topological polar surface area (TPSA) is 136 Å². The van der Waals surface area contributed by atoms with E-state index in [9.17, 15) is 0 Å². The maximum atomic E-state index is 9.14. The zero-order chi connectivity index (χ0) is 13.1. The van der Waals surface area contributed by atoms with Gasteiger partial charge in [-0.25, -0.2) is 4.98 Å². The van der Waals surface area contributed by atoms with Gasteiger partial charge in [0.15, 0.2) is 11.5 Å². The lowest BCUT2D eigenvalue weighted by molar-refractivity contribution is 0.313. The molecule has 2 aromatic rings. The minimum atomic E-state index is -0.156. The van der Waals surface area contributed by atoms with Gasteiger partial charge in [-0.1, -0.05) is 6.08 Å². The summed E-state index contributed by atoms with van der Waals surface area (Å²) in [5.41, 5.74) is 12.8. The third kappa shape index (κ3) is 2.24. The molecule has 0 fully saturated rings. The second kappa shape index (κ2) is 4.98. The summed E-state index contributed by atoms with van der Waals surface area (Å²) in [4.78, 5) is 12.0. The molecule has 0 radical (unpaired) electrons. The minimum Gasteiger partial charge on any atom is -0.392 e. The van der Waals surface area contributed by atoms with Crippen LogP contribution in [0.5, 0.6) is 0 Å². The number of hydrogen-bond acceptors (Lipinski definition) is 7. The Hall–Kier alpha value is -2.19. The van der Waals surface area contributed by atoms with Gasteiger partial charge in [0.2, 0.25) is 5.95 Å². The van der Waals surface area contributed by atoms with Crippen molar-refractivity contribution >= 4 is 22.9 Å². The molecule has 0 amide bonds. The predicted octanol–water partition coefficient (Wildman–Crippen LogP) is -1.10. The number of aromatic nitrogens is 4. The molecule has 0 saturated heterocycles. The van der Waals surface area contributed by atoms with Crippen molar-refractivity contribution in [2.75, 3.05) is 24.7 Å². The fraction of sp³-hybridized carbons (Fsp3) is 0.300. The molecule has 2 heterocycles. The van der Waals surface area contributed by atoms with Crippen LogP contribution in [-0.2, 0) is 6.54 Å². The Bertz CT molecular complexity index is 591. The highest BCUT2D eigenvalue weighted by Crippen LogP contribution is 2.17. The molecule has 96 valence electrons. The SMILES string of the molecule is Nc1nc(N)c2ncn(C/C(=C/CO)CO)c2n1. The molecular formula is C10H14N6O2. The van der Waals surface area contributed by atoms with Gasteiger partial charge in [-0.2, -0.15) is 9.97 Å². The highest BCUT2D eigenvalue weighted by atomic mass is 16.3. The van der Waals surface area contributed by atoms with Gasteiger partial charge in [0.25, 0.3) is 0 Å². The van der Waals surface area contributed by atoms with E-state index in [2.05, 4.69) is 15.0 Å². The zero-order valence-electron chi connectivity index (χ0n) is 9.61. The molecular weight excluding hydrogens is 236 g/mol. The molecule has 0 aliphatic heterocycles. The van der Waals surface area contributed by atoms with E-state index in [-0.39, 0.29) is 25.0 Å². The molecule has 2 rings (SSSR count). The van der Waals surface area contributed by atoms with Gasteiger partial charge >= 0.3 is 0 Å². The third-order valence-corrected chi connectivity index (χ3v) is 2.46. The molecule has 8 nitrogen and oxygen atoms in total. The quantitative estimate of drug-likeness (QED) is 0.505. The van der Waals surface area contributed by atoms with Crippen molar-refractivity contribution in [2.24, 2.45) is 0 Å². The first-order chi connectivity index (χ1) is 8.65. The number of rotatable bonds is 4. The Morgan fingerprint density at radius 1 is 1.33 bits per heavy atom. The highest BCUT2D eigenvalue weighted by molar-refractivity contribution is 5.82.